The molecule has 2 unspecified atom stereocenters. The first kappa shape index (κ1) is 15.2. The van der Waals surface area contributed by atoms with Crippen molar-refractivity contribution in [2.75, 3.05) is 26.3 Å². The van der Waals surface area contributed by atoms with Gasteiger partial charge in [-0.1, -0.05) is 0 Å². The van der Waals surface area contributed by atoms with Crippen molar-refractivity contribution in [2.24, 2.45) is 5.73 Å². The molecule has 0 aliphatic carbocycles. The Balaban J connectivity index is 0.00000144. The molecule has 17 heavy (non-hydrogen) atoms. The topological polar surface area (TPSA) is 72.6 Å². The molecule has 2 atom stereocenters. The molecule has 2 saturated heterocycles. The SMILES string of the molecule is Cl.NCC1CCCN1S(=O)(=O)C1CCCOC1. The minimum atomic E-state index is -3.19. The fourth-order valence-corrected chi connectivity index (χ4v) is 4.62. The third kappa shape index (κ3) is 3.12. The molecule has 0 aromatic heterocycles. The van der Waals surface area contributed by atoms with Gasteiger partial charge in [-0.05, 0) is 25.7 Å². The predicted molar refractivity (Wildman–Crippen MR) is 68.8 cm³/mol. The van der Waals surface area contributed by atoms with E-state index in [0.717, 1.165) is 25.7 Å². The lowest BCUT2D eigenvalue weighted by atomic mass is 10.2. The number of nitrogens with two attached hydrogens (primary N) is 1. The molecule has 2 rings (SSSR count). The fourth-order valence-electron chi connectivity index (χ4n) is 2.52. The maximum Gasteiger partial charge on any atom is 0.219 e. The van der Waals surface area contributed by atoms with Gasteiger partial charge in [0.15, 0.2) is 0 Å². The molecule has 0 spiro atoms. The van der Waals surface area contributed by atoms with Crippen molar-refractivity contribution in [3.63, 3.8) is 0 Å². The molecular formula is C10H21ClN2O3S. The van der Waals surface area contributed by atoms with Gasteiger partial charge in [0.2, 0.25) is 10.0 Å². The quantitative estimate of drug-likeness (QED) is 0.811. The predicted octanol–water partition coefficient (Wildman–Crippen LogP) is 0.340. The lowest BCUT2D eigenvalue weighted by Gasteiger charge is -2.30. The van der Waals surface area contributed by atoms with E-state index in [1.807, 2.05) is 0 Å². The zero-order chi connectivity index (χ0) is 11.6. The van der Waals surface area contributed by atoms with E-state index < -0.39 is 10.0 Å². The molecule has 2 aliphatic heterocycles. The van der Waals surface area contributed by atoms with Crippen LogP contribution < -0.4 is 5.73 Å². The normalized spacial score (nSPS) is 31.1. The second kappa shape index (κ2) is 6.33. The third-order valence-electron chi connectivity index (χ3n) is 3.46. The highest BCUT2D eigenvalue weighted by Gasteiger charge is 2.39. The Bertz CT molecular complexity index is 330. The Labute approximate surface area is 109 Å². The Morgan fingerprint density at radius 2 is 2.06 bits per heavy atom. The van der Waals surface area contributed by atoms with E-state index in [-0.39, 0.29) is 23.7 Å². The standard InChI is InChI=1S/C10H20N2O3S.ClH/c11-7-9-3-1-5-12(9)16(13,14)10-4-2-6-15-8-10;/h9-10H,1-8,11H2;1H. The Kier molecular flexibility index (Phi) is 5.66. The zero-order valence-corrected chi connectivity index (χ0v) is 11.5. The van der Waals surface area contributed by atoms with Crippen LogP contribution in [-0.2, 0) is 14.8 Å². The van der Waals surface area contributed by atoms with Gasteiger partial charge in [-0.3, -0.25) is 0 Å². The summed E-state index contributed by atoms with van der Waals surface area (Å²) in [5.74, 6) is 0. The molecule has 2 N–H and O–H groups in total. The number of halogens is 1. The molecule has 2 aliphatic rings. The maximum absolute atomic E-state index is 12.3. The molecule has 0 bridgehead atoms. The molecule has 0 radical (unpaired) electrons. The summed E-state index contributed by atoms with van der Waals surface area (Å²) in [6.45, 7) is 2.08. The number of rotatable bonds is 3. The first-order valence-corrected chi connectivity index (χ1v) is 7.45. The second-order valence-electron chi connectivity index (χ2n) is 4.53. The summed E-state index contributed by atoms with van der Waals surface area (Å²) in [7, 11) is -3.19. The van der Waals surface area contributed by atoms with Gasteiger partial charge in [0.25, 0.3) is 0 Å². The van der Waals surface area contributed by atoms with Gasteiger partial charge in [-0.15, -0.1) is 12.4 Å². The van der Waals surface area contributed by atoms with Gasteiger partial charge >= 0.3 is 0 Å². The highest BCUT2D eigenvalue weighted by atomic mass is 35.5. The third-order valence-corrected chi connectivity index (χ3v) is 5.81. The van der Waals surface area contributed by atoms with Crippen LogP contribution in [0.3, 0.4) is 0 Å². The summed E-state index contributed by atoms with van der Waals surface area (Å²) in [6.07, 6.45) is 3.37. The van der Waals surface area contributed by atoms with E-state index in [9.17, 15) is 8.42 Å². The van der Waals surface area contributed by atoms with Crippen LogP contribution in [0.5, 0.6) is 0 Å². The van der Waals surface area contributed by atoms with Crippen LogP contribution in [-0.4, -0.2) is 50.3 Å². The number of hydrogen-bond acceptors (Lipinski definition) is 4. The van der Waals surface area contributed by atoms with E-state index in [1.165, 1.54) is 0 Å². The number of ether oxygens (including phenoxy) is 1. The Hall–Kier alpha value is 0.120. The number of nitrogens with zero attached hydrogens (tertiary/aromatic N) is 1. The van der Waals surface area contributed by atoms with E-state index in [1.54, 1.807) is 4.31 Å². The van der Waals surface area contributed by atoms with Gasteiger partial charge < -0.3 is 10.5 Å². The first-order chi connectivity index (χ1) is 7.66. The zero-order valence-electron chi connectivity index (χ0n) is 9.88. The average molecular weight is 285 g/mol. The van der Waals surface area contributed by atoms with Crippen LogP contribution in [0.15, 0.2) is 0 Å². The van der Waals surface area contributed by atoms with Crippen molar-refractivity contribution >= 4 is 22.4 Å². The highest BCUT2D eigenvalue weighted by molar-refractivity contribution is 7.89. The Morgan fingerprint density at radius 1 is 1.29 bits per heavy atom. The van der Waals surface area contributed by atoms with Crippen LogP contribution >= 0.6 is 12.4 Å². The molecule has 5 nitrogen and oxygen atoms in total. The molecule has 0 aromatic carbocycles. The summed E-state index contributed by atoms with van der Waals surface area (Å²) < 4.78 is 31.6. The summed E-state index contributed by atoms with van der Waals surface area (Å²) in [5, 5.41) is -0.353. The minimum Gasteiger partial charge on any atom is -0.380 e. The summed E-state index contributed by atoms with van der Waals surface area (Å²) in [4.78, 5) is 0. The lowest BCUT2D eigenvalue weighted by Crippen LogP contribution is -2.46. The summed E-state index contributed by atoms with van der Waals surface area (Å²) in [6, 6.07) is 0.00641. The highest BCUT2D eigenvalue weighted by Crippen LogP contribution is 2.26. The summed E-state index contributed by atoms with van der Waals surface area (Å²) >= 11 is 0. The van der Waals surface area contributed by atoms with Gasteiger partial charge in [0.05, 0.1) is 11.9 Å². The van der Waals surface area contributed by atoms with Crippen molar-refractivity contribution in [2.45, 2.75) is 37.0 Å². The van der Waals surface area contributed by atoms with E-state index in [4.69, 9.17) is 10.5 Å². The van der Waals surface area contributed by atoms with Crippen LogP contribution in [0.2, 0.25) is 0 Å². The average Bonchev–Trinajstić information content (AvgIpc) is 2.79. The smallest absolute Gasteiger partial charge is 0.219 e. The van der Waals surface area contributed by atoms with Crippen LogP contribution in [0.1, 0.15) is 25.7 Å². The second-order valence-corrected chi connectivity index (χ2v) is 6.69. The van der Waals surface area contributed by atoms with Crippen molar-refractivity contribution in [1.82, 2.24) is 4.31 Å². The Morgan fingerprint density at radius 3 is 2.65 bits per heavy atom. The van der Waals surface area contributed by atoms with Crippen LogP contribution in [0, 0.1) is 0 Å². The molecule has 0 saturated carbocycles. The van der Waals surface area contributed by atoms with Crippen molar-refractivity contribution < 1.29 is 13.2 Å². The number of sulfonamides is 1. The summed E-state index contributed by atoms with van der Waals surface area (Å²) in [5.41, 5.74) is 5.61. The molecule has 0 aromatic rings. The first-order valence-electron chi connectivity index (χ1n) is 5.94. The van der Waals surface area contributed by atoms with Gasteiger partial charge in [0, 0.05) is 25.7 Å². The fraction of sp³-hybridized carbons (Fsp3) is 1.00. The van der Waals surface area contributed by atoms with Crippen LogP contribution in [0.4, 0.5) is 0 Å². The van der Waals surface area contributed by atoms with Crippen molar-refractivity contribution in [1.29, 1.82) is 0 Å². The number of hydrogen-bond donors (Lipinski definition) is 1. The lowest BCUT2D eigenvalue weighted by molar-refractivity contribution is 0.0973. The molecule has 2 fully saturated rings. The molecular weight excluding hydrogens is 264 g/mol. The van der Waals surface area contributed by atoms with E-state index in [0.29, 0.717) is 26.3 Å². The molecule has 2 heterocycles. The van der Waals surface area contributed by atoms with Crippen LogP contribution in [0.25, 0.3) is 0 Å². The van der Waals surface area contributed by atoms with Gasteiger partial charge in [0.1, 0.15) is 0 Å². The van der Waals surface area contributed by atoms with Crippen molar-refractivity contribution in [3.8, 4) is 0 Å². The maximum atomic E-state index is 12.3. The van der Waals surface area contributed by atoms with E-state index >= 15 is 0 Å². The van der Waals surface area contributed by atoms with Crippen molar-refractivity contribution in [3.05, 3.63) is 0 Å². The molecule has 102 valence electrons. The largest absolute Gasteiger partial charge is 0.380 e. The van der Waals surface area contributed by atoms with Gasteiger partial charge in [-0.25, -0.2) is 8.42 Å². The molecule has 7 heteroatoms. The minimum absolute atomic E-state index is 0. The van der Waals surface area contributed by atoms with E-state index in [2.05, 4.69) is 0 Å². The molecule has 0 amide bonds. The monoisotopic (exact) mass is 284 g/mol. The van der Waals surface area contributed by atoms with Gasteiger partial charge in [-0.2, -0.15) is 4.31 Å².